The Morgan fingerprint density at radius 2 is 2.00 bits per heavy atom. The van der Waals surface area contributed by atoms with Gasteiger partial charge in [-0.05, 0) is 48.9 Å². The van der Waals surface area contributed by atoms with Crippen molar-refractivity contribution >= 4 is 0 Å². The lowest BCUT2D eigenvalue weighted by atomic mass is 10.1. The van der Waals surface area contributed by atoms with Gasteiger partial charge in [0.2, 0.25) is 5.76 Å². The van der Waals surface area contributed by atoms with Crippen molar-refractivity contribution in [1.82, 2.24) is 15.1 Å². The number of ether oxygens (including phenoxy) is 1. The number of H-pyrrole nitrogens is 1. The monoisotopic (exact) mass is 349 g/mol. The van der Waals surface area contributed by atoms with Gasteiger partial charge in [-0.1, -0.05) is 17.3 Å². The summed E-state index contributed by atoms with van der Waals surface area (Å²) in [5.74, 6) is 1.70. The average molecular weight is 349 g/mol. The van der Waals surface area contributed by atoms with Crippen LogP contribution in [0.4, 0.5) is 4.39 Å². The molecule has 0 fully saturated rings. The van der Waals surface area contributed by atoms with E-state index in [1.165, 1.54) is 12.1 Å². The van der Waals surface area contributed by atoms with E-state index in [0.717, 1.165) is 22.4 Å². The fourth-order valence-electron chi connectivity index (χ4n) is 2.72. The van der Waals surface area contributed by atoms with E-state index in [0.29, 0.717) is 23.9 Å². The highest BCUT2D eigenvalue weighted by Crippen LogP contribution is 2.30. The molecular formula is C20H16FN3O2. The van der Waals surface area contributed by atoms with E-state index in [1.807, 2.05) is 37.3 Å². The number of imidazole rings is 1. The first kappa shape index (κ1) is 16.1. The quantitative estimate of drug-likeness (QED) is 0.564. The second-order valence-electron chi connectivity index (χ2n) is 5.87. The lowest BCUT2D eigenvalue weighted by molar-refractivity contribution is 0.305. The van der Waals surface area contributed by atoms with Crippen LogP contribution in [0.3, 0.4) is 0 Å². The molecule has 1 N–H and O–H groups in total. The average Bonchev–Trinajstić information content (AvgIpc) is 3.30. The molecule has 5 nitrogen and oxygen atoms in total. The predicted octanol–water partition coefficient (Wildman–Crippen LogP) is 4.76. The van der Waals surface area contributed by atoms with E-state index in [-0.39, 0.29) is 5.82 Å². The van der Waals surface area contributed by atoms with Crippen LogP contribution in [0.2, 0.25) is 0 Å². The summed E-state index contributed by atoms with van der Waals surface area (Å²) in [7, 11) is 0. The zero-order valence-corrected chi connectivity index (χ0v) is 14.1. The van der Waals surface area contributed by atoms with Crippen molar-refractivity contribution in [3.05, 3.63) is 77.9 Å². The van der Waals surface area contributed by atoms with Gasteiger partial charge in [0.15, 0.2) is 5.82 Å². The predicted molar refractivity (Wildman–Crippen MR) is 95.0 cm³/mol. The lowest BCUT2D eigenvalue weighted by Gasteiger charge is -2.07. The lowest BCUT2D eigenvalue weighted by Crippen LogP contribution is -1.95. The van der Waals surface area contributed by atoms with Crippen molar-refractivity contribution in [2.45, 2.75) is 13.5 Å². The summed E-state index contributed by atoms with van der Waals surface area (Å²) >= 11 is 0. The Morgan fingerprint density at radius 1 is 1.15 bits per heavy atom. The Hall–Kier alpha value is -3.41. The molecule has 0 bridgehead atoms. The first-order valence-corrected chi connectivity index (χ1v) is 8.14. The smallest absolute Gasteiger partial charge is 0.205 e. The highest BCUT2D eigenvalue weighted by atomic mass is 19.1. The number of benzene rings is 2. The Kier molecular flexibility index (Phi) is 4.23. The van der Waals surface area contributed by atoms with Crippen molar-refractivity contribution < 1.29 is 13.7 Å². The second-order valence-corrected chi connectivity index (χ2v) is 5.87. The van der Waals surface area contributed by atoms with Gasteiger partial charge in [0.25, 0.3) is 0 Å². The van der Waals surface area contributed by atoms with Crippen LogP contribution < -0.4 is 4.74 Å². The fraction of sp³-hybridized carbons (Fsp3) is 0.100. The van der Waals surface area contributed by atoms with E-state index < -0.39 is 0 Å². The summed E-state index contributed by atoms with van der Waals surface area (Å²) < 4.78 is 24.3. The molecule has 2 aromatic carbocycles. The maximum Gasteiger partial charge on any atom is 0.205 e. The number of nitrogens with one attached hydrogen (secondary N) is 1. The molecule has 4 rings (SSSR count). The minimum absolute atomic E-state index is 0.268. The van der Waals surface area contributed by atoms with Gasteiger partial charge >= 0.3 is 0 Å². The maximum absolute atomic E-state index is 13.2. The van der Waals surface area contributed by atoms with Crippen LogP contribution in [0.1, 0.15) is 11.1 Å². The van der Waals surface area contributed by atoms with Gasteiger partial charge in [-0.25, -0.2) is 9.37 Å². The van der Waals surface area contributed by atoms with Crippen LogP contribution in [-0.2, 0) is 6.61 Å². The molecule has 0 saturated carbocycles. The third kappa shape index (κ3) is 3.21. The molecule has 0 amide bonds. The molecule has 6 heteroatoms. The SMILES string of the molecule is Cc1c(-c2ccc(OCc3cccc(F)c3)cc2)noc1-c1ncc[nH]1. The molecule has 4 aromatic rings. The molecule has 0 saturated heterocycles. The van der Waals surface area contributed by atoms with E-state index in [2.05, 4.69) is 15.1 Å². The summed E-state index contributed by atoms with van der Waals surface area (Å²) in [6.45, 7) is 2.25. The number of rotatable bonds is 5. The van der Waals surface area contributed by atoms with Crippen molar-refractivity contribution in [2.24, 2.45) is 0 Å². The topological polar surface area (TPSA) is 63.9 Å². The molecule has 2 heterocycles. The van der Waals surface area contributed by atoms with Gasteiger partial charge in [-0.3, -0.25) is 0 Å². The van der Waals surface area contributed by atoms with Crippen LogP contribution in [0.25, 0.3) is 22.8 Å². The molecule has 0 atom stereocenters. The van der Waals surface area contributed by atoms with Crippen LogP contribution >= 0.6 is 0 Å². The Labute approximate surface area is 149 Å². The number of aromatic nitrogens is 3. The zero-order chi connectivity index (χ0) is 17.9. The van der Waals surface area contributed by atoms with Crippen LogP contribution in [0.15, 0.2) is 65.4 Å². The fourth-order valence-corrected chi connectivity index (χ4v) is 2.72. The maximum atomic E-state index is 13.2. The van der Waals surface area contributed by atoms with E-state index >= 15 is 0 Å². The number of halogens is 1. The zero-order valence-electron chi connectivity index (χ0n) is 14.1. The van der Waals surface area contributed by atoms with Crippen molar-refractivity contribution in [2.75, 3.05) is 0 Å². The van der Waals surface area contributed by atoms with E-state index in [4.69, 9.17) is 9.26 Å². The van der Waals surface area contributed by atoms with Gasteiger partial charge in [0.1, 0.15) is 23.9 Å². The van der Waals surface area contributed by atoms with Crippen LogP contribution in [-0.4, -0.2) is 15.1 Å². The van der Waals surface area contributed by atoms with E-state index in [1.54, 1.807) is 18.5 Å². The van der Waals surface area contributed by atoms with Crippen LogP contribution in [0, 0.1) is 12.7 Å². The van der Waals surface area contributed by atoms with Crippen molar-refractivity contribution in [1.29, 1.82) is 0 Å². The summed E-state index contributed by atoms with van der Waals surface area (Å²) in [5.41, 5.74) is 3.37. The number of hydrogen-bond donors (Lipinski definition) is 1. The van der Waals surface area contributed by atoms with Gasteiger partial charge in [0, 0.05) is 23.5 Å². The largest absolute Gasteiger partial charge is 0.489 e. The minimum atomic E-state index is -0.268. The molecule has 2 aromatic heterocycles. The van der Waals surface area contributed by atoms with Crippen LogP contribution in [0.5, 0.6) is 5.75 Å². The minimum Gasteiger partial charge on any atom is -0.489 e. The third-order valence-corrected chi connectivity index (χ3v) is 4.06. The van der Waals surface area contributed by atoms with Gasteiger partial charge in [-0.15, -0.1) is 0 Å². The third-order valence-electron chi connectivity index (χ3n) is 4.06. The standard InChI is InChI=1S/C20H16FN3O2/c1-13-18(24-26-19(13)20-22-9-10-23-20)15-5-7-17(8-6-15)25-12-14-3-2-4-16(21)11-14/h2-11H,12H2,1H3,(H,22,23). The molecule has 0 spiro atoms. The number of aromatic amines is 1. The van der Waals surface area contributed by atoms with Crippen molar-refractivity contribution in [3.8, 4) is 28.6 Å². The number of nitrogens with zero attached hydrogens (tertiary/aromatic N) is 2. The molecule has 0 unspecified atom stereocenters. The van der Waals surface area contributed by atoms with Gasteiger partial charge < -0.3 is 14.2 Å². The normalized spacial score (nSPS) is 10.8. The highest BCUT2D eigenvalue weighted by Gasteiger charge is 2.16. The molecule has 0 aliphatic heterocycles. The summed E-state index contributed by atoms with van der Waals surface area (Å²) in [6, 6.07) is 13.9. The summed E-state index contributed by atoms with van der Waals surface area (Å²) in [6.07, 6.45) is 3.41. The number of hydrogen-bond acceptors (Lipinski definition) is 4. The highest BCUT2D eigenvalue weighted by molar-refractivity contribution is 5.69. The Bertz CT molecular complexity index is 1010. The van der Waals surface area contributed by atoms with Gasteiger partial charge in [0.05, 0.1) is 0 Å². The molecule has 0 aliphatic carbocycles. The first-order valence-electron chi connectivity index (χ1n) is 8.14. The van der Waals surface area contributed by atoms with E-state index in [9.17, 15) is 4.39 Å². The Morgan fingerprint density at radius 3 is 2.73 bits per heavy atom. The second kappa shape index (κ2) is 6.84. The molecule has 0 radical (unpaired) electrons. The first-order chi connectivity index (χ1) is 12.7. The Balaban J connectivity index is 1.50. The van der Waals surface area contributed by atoms with Crippen molar-refractivity contribution in [3.63, 3.8) is 0 Å². The summed E-state index contributed by atoms with van der Waals surface area (Å²) in [4.78, 5) is 7.20. The molecule has 26 heavy (non-hydrogen) atoms. The molecule has 130 valence electrons. The molecular weight excluding hydrogens is 333 g/mol. The molecule has 0 aliphatic rings. The summed E-state index contributed by atoms with van der Waals surface area (Å²) in [5, 5.41) is 4.16. The van der Waals surface area contributed by atoms with Gasteiger partial charge in [-0.2, -0.15) is 0 Å².